The van der Waals surface area contributed by atoms with E-state index in [2.05, 4.69) is 20.9 Å². The number of nitrogens with one attached hydrogen (secondary N) is 3. The summed E-state index contributed by atoms with van der Waals surface area (Å²) in [7, 11) is 1.56. The maximum Gasteiger partial charge on any atom is 0.416 e. The van der Waals surface area contributed by atoms with Crippen molar-refractivity contribution >= 4 is 35.8 Å². The second kappa shape index (κ2) is 10.7. The van der Waals surface area contributed by atoms with Gasteiger partial charge in [0.2, 0.25) is 5.91 Å². The van der Waals surface area contributed by atoms with Crippen LogP contribution in [0.2, 0.25) is 0 Å². The first-order chi connectivity index (χ1) is 12.0. The molecule has 1 aromatic rings. The van der Waals surface area contributed by atoms with Crippen LogP contribution in [0, 0.1) is 5.41 Å². The molecule has 0 heterocycles. The van der Waals surface area contributed by atoms with Gasteiger partial charge in [-0.2, -0.15) is 13.2 Å². The van der Waals surface area contributed by atoms with Crippen LogP contribution in [0.25, 0.3) is 0 Å². The second-order valence-corrected chi connectivity index (χ2v) is 6.66. The smallest absolute Gasteiger partial charge is 0.356 e. The Hall–Kier alpha value is -1.52. The number of carbonyl (C=O) groups excluding carboxylic acids is 1. The van der Waals surface area contributed by atoms with E-state index in [0.29, 0.717) is 24.6 Å². The Morgan fingerprint density at radius 1 is 1.22 bits per heavy atom. The Morgan fingerprint density at radius 2 is 1.85 bits per heavy atom. The predicted molar refractivity (Wildman–Crippen MR) is 112 cm³/mol. The highest BCUT2D eigenvalue weighted by molar-refractivity contribution is 14.0. The third-order valence-corrected chi connectivity index (χ3v) is 3.94. The first kappa shape index (κ1) is 25.5. The first-order valence-electron chi connectivity index (χ1n) is 8.44. The van der Waals surface area contributed by atoms with Gasteiger partial charge in [0.05, 0.1) is 17.0 Å². The van der Waals surface area contributed by atoms with Gasteiger partial charge in [0.1, 0.15) is 0 Å². The van der Waals surface area contributed by atoms with Gasteiger partial charge in [0.15, 0.2) is 5.96 Å². The van der Waals surface area contributed by atoms with Crippen LogP contribution in [0.5, 0.6) is 0 Å². The number of guanidine groups is 1. The topological polar surface area (TPSA) is 65.5 Å². The molecule has 0 aliphatic carbocycles. The molecule has 0 radical (unpaired) electrons. The normalized spacial score (nSPS) is 13.4. The largest absolute Gasteiger partial charge is 0.416 e. The highest BCUT2D eigenvalue weighted by atomic mass is 127. The number of rotatable bonds is 6. The molecule has 1 aromatic carbocycles. The first-order valence-corrected chi connectivity index (χ1v) is 8.44. The van der Waals surface area contributed by atoms with E-state index >= 15 is 0 Å². The van der Waals surface area contributed by atoms with Crippen molar-refractivity contribution in [2.24, 2.45) is 10.4 Å². The standard InChI is InChI=1S/C18H27F3N4O.HI/c1-6-23-15(26)17(3,4)11-24-16(22-5)25-12(2)13-8-7-9-14(10-13)18(19,20)21;/h7-10,12H,6,11H2,1-5H3,(H,23,26)(H2,22,24,25);1H. The molecule has 0 fully saturated rings. The van der Waals surface area contributed by atoms with Crippen LogP contribution < -0.4 is 16.0 Å². The summed E-state index contributed by atoms with van der Waals surface area (Å²) in [5.41, 5.74) is -0.859. The van der Waals surface area contributed by atoms with Gasteiger partial charge in [-0.15, -0.1) is 24.0 Å². The minimum Gasteiger partial charge on any atom is -0.356 e. The van der Waals surface area contributed by atoms with Crippen molar-refractivity contribution in [3.05, 3.63) is 35.4 Å². The zero-order chi connectivity index (χ0) is 20.0. The summed E-state index contributed by atoms with van der Waals surface area (Å²) in [4.78, 5) is 16.1. The Morgan fingerprint density at radius 3 is 2.37 bits per heavy atom. The van der Waals surface area contributed by atoms with E-state index in [1.807, 2.05) is 6.92 Å². The SMILES string of the molecule is CCNC(=O)C(C)(C)CNC(=NC)NC(C)c1cccc(C(F)(F)F)c1.I. The average Bonchev–Trinajstić information content (AvgIpc) is 2.58. The Kier molecular flexibility index (Phi) is 10.1. The van der Waals surface area contributed by atoms with Crippen LogP contribution in [-0.2, 0) is 11.0 Å². The van der Waals surface area contributed by atoms with Crippen molar-refractivity contribution in [3.63, 3.8) is 0 Å². The van der Waals surface area contributed by atoms with E-state index in [0.717, 1.165) is 12.1 Å². The molecule has 27 heavy (non-hydrogen) atoms. The number of alkyl halides is 3. The molecule has 0 aliphatic heterocycles. The van der Waals surface area contributed by atoms with Gasteiger partial charge >= 0.3 is 6.18 Å². The molecule has 5 nitrogen and oxygen atoms in total. The zero-order valence-corrected chi connectivity index (χ0v) is 18.5. The van der Waals surface area contributed by atoms with Crippen LogP contribution in [0.1, 0.15) is 44.9 Å². The Bertz CT molecular complexity index is 648. The lowest BCUT2D eigenvalue weighted by atomic mass is 9.92. The van der Waals surface area contributed by atoms with Gasteiger partial charge in [-0.3, -0.25) is 9.79 Å². The monoisotopic (exact) mass is 500 g/mol. The minimum absolute atomic E-state index is 0. The zero-order valence-electron chi connectivity index (χ0n) is 16.2. The van der Waals surface area contributed by atoms with Gasteiger partial charge in [0.25, 0.3) is 0 Å². The third-order valence-electron chi connectivity index (χ3n) is 3.94. The molecule has 0 aromatic heterocycles. The highest BCUT2D eigenvalue weighted by Gasteiger charge is 2.31. The fourth-order valence-electron chi connectivity index (χ4n) is 2.25. The molecule has 0 saturated heterocycles. The Balaban J connectivity index is 0.00000676. The van der Waals surface area contributed by atoms with Crippen LogP contribution in [0.4, 0.5) is 13.2 Å². The second-order valence-electron chi connectivity index (χ2n) is 6.66. The van der Waals surface area contributed by atoms with Crippen molar-refractivity contribution < 1.29 is 18.0 Å². The molecule has 154 valence electrons. The number of carbonyl (C=O) groups is 1. The van der Waals surface area contributed by atoms with Gasteiger partial charge in [-0.05, 0) is 45.4 Å². The molecule has 0 saturated carbocycles. The number of amides is 1. The summed E-state index contributed by atoms with van der Waals surface area (Å²) in [6.45, 7) is 8.06. The van der Waals surface area contributed by atoms with Crippen LogP contribution >= 0.6 is 24.0 Å². The number of benzene rings is 1. The van der Waals surface area contributed by atoms with E-state index in [9.17, 15) is 18.0 Å². The van der Waals surface area contributed by atoms with Gasteiger partial charge in [0, 0.05) is 20.1 Å². The molecule has 1 rings (SSSR count). The molecule has 1 atom stereocenters. The van der Waals surface area contributed by atoms with Crippen molar-refractivity contribution in [1.82, 2.24) is 16.0 Å². The maximum absolute atomic E-state index is 12.9. The summed E-state index contributed by atoms with van der Waals surface area (Å²) in [6.07, 6.45) is -4.38. The van der Waals surface area contributed by atoms with Gasteiger partial charge in [-0.25, -0.2) is 0 Å². The molecule has 0 bridgehead atoms. The average molecular weight is 500 g/mol. The number of hydrogen-bond acceptors (Lipinski definition) is 2. The van der Waals surface area contributed by atoms with Crippen LogP contribution in [0.3, 0.4) is 0 Å². The molecule has 3 N–H and O–H groups in total. The molecular formula is C18H28F3IN4O. The number of halogens is 4. The van der Waals surface area contributed by atoms with E-state index in [-0.39, 0.29) is 29.9 Å². The van der Waals surface area contributed by atoms with E-state index in [4.69, 9.17) is 0 Å². The number of nitrogens with zero attached hydrogens (tertiary/aromatic N) is 1. The number of aliphatic imine (C=N–C) groups is 1. The maximum atomic E-state index is 12.9. The lowest BCUT2D eigenvalue weighted by molar-refractivity contribution is -0.137. The highest BCUT2D eigenvalue weighted by Crippen LogP contribution is 2.30. The van der Waals surface area contributed by atoms with E-state index < -0.39 is 23.2 Å². The van der Waals surface area contributed by atoms with Gasteiger partial charge in [-0.1, -0.05) is 12.1 Å². The van der Waals surface area contributed by atoms with Crippen LogP contribution in [-0.4, -0.2) is 32.0 Å². The van der Waals surface area contributed by atoms with Crippen molar-refractivity contribution in [2.75, 3.05) is 20.1 Å². The quantitative estimate of drug-likeness (QED) is 0.317. The summed E-state index contributed by atoms with van der Waals surface area (Å²) in [5.74, 6) is 0.321. The minimum atomic E-state index is -4.38. The summed E-state index contributed by atoms with van der Waals surface area (Å²) in [5, 5.41) is 8.86. The Labute approximate surface area is 175 Å². The number of hydrogen-bond donors (Lipinski definition) is 3. The molecule has 0 aliphatic rings. The molecular weight excluding hydrogens is 472 g/mol. The van der Waals surface area contributed by atoms with Crippen molar-refractivity contribution in [2.45, 2.75) is 39.9 Å². The molecule has 1 amide bonds. The summed E-state index contributed by atoms with van der Waals surface area (Å²) >= 11 is 0. The van der Waals surface area contributed by atoms with Crippen molar-refractivity contribution in [1.29, 1.82) is 0 Å². The fraction of sp³-hybridized carbons (Fsp3) is 0.556. The molecule has 1 unspecified atom stereocenters. The molecule has 9 heteroatoms. The lowest BCUT2D eigenvalue weighted by Gasteiger charge is -2.26. The lowest BCUT2D eigenvalue weighted by Crippen LogP contribution is -2.48. The third kappa shape index (κ3) is 7.94. The summed E-state index contributed by atoms with van der Waals surface area (Å²) in [6, 6.07) is 4.77. The van der Waals surface area contributed by atoms with E-state index in [1.165, 1.54) is 6.07 Å². The predicted octanol–water partition coefficient (Wildman–Crippen LogP) is 3.71. The van der Waals surface area contributed by atoms with Crippen LogP contribution in [0.15, 0.2) is 29.3 Å². The van der Waals surface area contributed by atoms with Gasteiger partial charge < -0.3 is 16.0 Å². The van der Waals surface area contributed by atoms with E-state index in [1.54, 1.807) is 33.9 Å². The fourth-order valence-corrected chi connectivity index (χ4v) is 2.25. The summed E-state index contributed by atoms with van der Waals surface area (Å²) < 4.78 is 38.6. The molecule has 0 spiro atoms. The van der Waals surface area contributed by atoms with Crippen molar-refractivity contribution in [3.8, 4) is 0 Å².